The number of aromatic nitrogens is 1. The summed E-state index contributed by atoms with van der Waals surface area (Å²) in [4.78, 5) is 4.96. The number of nitrogens with zero attached hydrogens (tertiary/aromatic N) is 1. The highest BCUT2D eigenvalue weighted by molar-refractivity contribution is 5.74. The maximum Gasteiger partial charge on any atom is 0.416 e. The highest BCUT2D eigenvalue weighted by Gasteiger charge is 2.38. The van der Waals surface area contributed by atoms with Crippen molar-refractivity contribution < 1.29 is 28.1 Å². The van der Waals surface area contributed by atoms with E-state index in [1.165, 1.54) is 12.1 Å². The molecule has 2 unspecified atom stereocenters. The number of hydrogen-bond donors (Lipinski definition) is 2. The van der Waals surface area contributed by atoms with Crippen molar-refractivity contribution in [2.24, 2.45) is 5.41 Å². The Hall–Kier alpha value is -2.22. The number of benzene rings is 1. The van der Waals surface area contributed by atoms with Gasteiger partial charge in [0.05, 0.1) is 24.9 Å². The van der Waals surface area contributed by atoms with E-state index in [2.05, 4.69) is 13.8 Å². The number of fused-ring (bicyclic) bond motifs is 1. The van der Waals surface area contributed by atoms with Crippen molar-refractivity contribution in [3.63, 3.8) is 0 Å². The summed E-state index contributed by atoms with van der Waals surface area (Å²) in [5.74, 6) is -0.0363. The second-order valence-corrected chi connectivity index (χ2v) is 10.4. The lowest BCUT2D eigenvalue weighted by Gasteiger charge is -2.38. The molecule has 2 N–H and O–H groups in total. The number of rotatable bonds is 4. The molecule has 0 saturated carbocycles. The zero-order valence-electron chi connectivity index (χ0n) is 20.0. The summed E-state index contributed by atoms with van der Waals surface area (Å²) in [6, 6.07) is 4.62. The summed E-state index contributed by atoms with van der Waals surface area (Å²) < 4.78 is 44.8. The molecule has 0 saturated heterocycles. The molecule has 0 amide bonds. The SMILES string of the molecule is CC(C)c1nc2c(c(C3=CCOCC3)c1C(O)c1ccc(C(F)(F)F)cc1)C(O)CC(C)(C)C2. The van der Waals surface area contributed by atoms with Crippen molar-refractivity contribution in [1.29, 1.82) is 0 Å². The predicted molar refractivity (Wildman–Crippen MR) is 124 cm³/mol. The van der Waals surface area contributed by atoms with Gasteiger partial charge < -0.3 is 14.9 Å². The first-order valence-electron chi connectivity index (χ1n) is 11.8. The molecule has 7 heteroatoms. The van der Waals surface area contributed by atoms with Crippen molar-refractivity contribution in [2.75, 3.05) is 13.2 Å². The van der Waals surface area contributed by atoms with Crippen molar-refractivity contribution in [2.45, 2.75) is 71.3 Å². The van der Waals surface area contributed by atoms with Crippen LogP contribution in [-0.4, -0.2) is 28.4 Å². The molecule has 4 nitrogen and oxygen atoms in total. The zero-order chi connectivity index (χ0) is 24.8. The molecule has 1 aliphatic heterocycles. The lowest BCUT2D eigenvalue weighted by Crippen LogP contribution is -2.30. The predicted octanol–water partition coefficient (Wildman–Crippen LogP) is 6.12. The Morgan fingerprint density at radius 2 is 1.82 bits per heavy atom. The molecule has 0 spiro atoms. The first kappa shape index (κ1) is 24.9. The molecule has 2 aromatic rings. The van der Waals surface area contributed by atoms with E-state index >= 15 is 0 Å². The standard InChI is InChI=1S/C27H32F3NO3/c1-15(2)24-23(25(33)17-5-7-18(8-6-17)27(28,29)30)21(16-9-11-34-12-10-16)22-19(31-24)13-26(3,4)14-20(22)32/h5-9,15,20,25,32-33H,10-14H2,1-4H3. The van der Waals surface area contributed by atoms with Crippen LogP contribution >= 0.6 is 0 Å². The van der Waals surface area contributed by atoms with E-state index in [1.807, 2.05) is 19.9 Å². The molecule has 1 aliphatic carbocycles. The van der Waals surface area contributed by atoms with E-state index in [1.54, 1.807) is 0 Å². The van der Waals surface area contributed by atoms with Crippen molar-refractivity contribution in [3.8, 4) is 0 Å². The minimum Gasteiger partial charge on any atom is -0.388 e. The van der Waals surface area contributed by atoms with Crippen LogP contribution in [0.25, 0.3) is 5.57 Å². The minimum absolute atomic E-state index is 0.0363. The quantitative estimate of drug-likeness (QED) is 0.560. The molecule has 184 valence electrons. The third kappa shape index (κ3) is 4.79. The summed E-state index contributed by atoms with van der Waals surface area (Å²) in [5, 5.41) is 22.8. The van der Waals surface area contributed by atoms with Crippen LogP contribution in [0.4, 0.5) is 13.2 Å². The van der Waals surface area contributed by atoms with Gasteiger partial charge in [-0.15, -0.1) is 0 Å². The van der Waals surface area contributed by atoms with Crippen LogP contribution in [0.5, 0.6) is 0 Å². The molecule has 2 atom stereocenters. The monoisotopic (exact) mass is 475 g/mol. The normalized spacial score (nSPS) is 21.2. The van der Waals surface area contributed by atoms with Gasteiger partial charge in [-0.25, -0.2) is 0 Å². The Kier molecular flexibility index (Phi) is 6.66. The van der Waals surface area contributed by atoms with E-state index in [4.69, 9.17) is 9.72 Å². The van der Waals surface area contributed by atoms with Crippen LogP contribution in [-0.2, 0) is 17.3 Å². The Bertz CT molecular complexity index is 1090. The van der Waals surface area contributed by atoms with Crippen molar-refractivity contribution in [3.05, 3.63) is 69.5 Å². The first-order chi connectivity index (χ1) is 15.9. The van der Waals surface area contributed by atoms with Gasteiger partial charge in [-0.3, -0.25) is 4.98 Å². The van der Waals surface area contributed by atoms with Crippen LogP contribution in [0, 0.1) is 5.41 Å². The smallest absolute Gasteiger partial charge is 0.388 e. The molecule has 2 heterocycles. The highest BCUT2D eigenvalue weighted by Crippen LogP contribution is 2.47. The Morgan fingerprint density at radius 1 is 1.15 bits per heavy atom. The first-order valence-corrected chi connectivity index (χ1v) is 11.8. The number of aliphatic hydroxyl groups is 2. The van der Waals surface area contributed by atoms with Crippen LogP contribution < -0.4 is 0 Å². The van der Waals surface area contributed by atoms with Gasteiger partial charge in [0.1, 0.15) is 6.10 Å². The number of ether oxygens (including phenoxy) is 1. The molecule has 0 radical (unpaired) electrons. The average molecular weight is 476 g/mol. The molecular formula is C27H32F3NO3. The van der Waals surface area contributed by atoms with E-state index < -0.39 is 23.9 Å². The summed E-state index contributed by atoms with van der Waals surface area (Å²) in [5.41, 5.74) is 4.08. The minimum atomic E-state index is -4.45. The molecule has 34 heavy (non-hydrogen) atoms. The fourth-order valence-electron chi connectivity index (χ4n) is 5.17. The third-order valence-electron chi connectivity index (χ3n) is 6.76. The van der Waals surface area contributed by atoms with E-state index in [0.29, 0.717) is 49.3 Å². The van der Waals surface area contributed by atoms with Gasteiger partial charge in [-0.1, -0.05) is 45.9 Å². The van der Waals surface area contributed by atoms with Gasteiger partial charge in [0.25, 0.3) is 0 Å². The van der Waals surface area contributed by atoms with E-state index in [9.17, 15) is 23.4 Å². The molecule has 1 aromatic carbocycles. The van der Waals surface area contributed by atoms with Gasteiger partial charge in [0, 0.05) is 22.5 Å². The number of halogens is 3. The van der Waals surface area contributed by atoms with Crippen molar-refractivity contribution >= 4 is 5.57 Å². The number of pyridine rings is 1. The highest BCUT2D eigenvalue weighted by atomic mass is 19.4. The maximum atomic E-state index is 13.1. The fraction of sp³-hybridized carbons (Fsp3) is 0.519. The second-order valence-electron chi connectivity index (χ2n) is 10.4. The zero-order valence-corrected chi connectivity index (χ0v) is 20.0. The van der Waals surface area contributed by atoms with Gasteiger partial charge >= 0.3 is 6.18 Å². The van der Waals surface area contributed by atoms with Crippen LogP contribution in [0.1, 0.15) is 97.9 Å². The number of hydrogen-bond acceptors (Lipinski definition) is 4. The van der Waals surface area contributed by atoms with Crippen molar-refractivity contribution in [1.82, 2.24) is 4.98 Å². The van der Waals surface area contributed by atoms with E-state index in [0.717, 1.165) is 34.5 Å². The molecule has 0 fully saturated rings. The topological polar surface area (TPSA) is 62.6 Å². The second kappa shape index (κ2) is 9.10. The molecule has 0 bridgehead atoms. The average Bonchev–Trinajstić information content (AvgIpc) is 2.76. The molecule has 1 aromatic heterocycles. The van der Waals surface area contributed by atoms with Crippen LogP contribution in [0.15, 0.2) is 30.3 Å². The Balaban J connectivity index is 1.95. The summed E-state index contributed by atoms with van der Waals surface area (Å²) in [6.07, 6.45) is -2.52. The summed E-state index contributed by atoms with van der Waals surface area (Å²) >= 11 is 0. The number of aliphatic hydroxyl groups excluding tert-OH is 2. The fourth-order valence-corrected chi connectivity index (χ4v) is 5.17. The molecule has 4 rings (SSSR count). The van der Waals surface area contributed by atoms with Crippen LogP contribution in [0.3, 0.4) is 0 Å². The molecular weight excluding hydrogens is 443 g/mol. The Labute approximate surface area is 198 Å². The Morgan fingerprint density at radius 3 is 2.38 bits per heavy atom. The van der Waals surface area contributed by atoms with Gasteiger partial charge in [-0.05, 0) is 59.4 Å². The summed E-state index contributed by atoms with van der Waals surface area (Å²) in [6.45, 7) is 9.15. The lowest BCUT2D eigenvalue weighted by atomic mass is 9.71. The van der Waals surface area contributed by atoms with E-state index in [-0.39, 0.29) is 11.3 Å². The third-order valence-corrected chi connectivity index (χ3v) is 6.76. The molecule has 2 aliphatic rings. The van der Waals surface area contributed by atoms with Gasteiger partial charge in [0.2, 0.25) is 0 Å². The van der Waals surface area contributed by atoms with Crippen LogP contribution in [0.2, 0.25) is 0 Å². The van der Waals surface area contributed by atoms with Gasteiger partial charge in [0.15, 0.2) is 0 Å². The number of alkyl halides is 3. The van der Waals surface area contributed by atoms with Gasteiger partial charge in [-0.2, -0.15) is 13.2 Å². The summed E-state index contributed by atoms with van der Waals surface area (Å²) in [7, 11) is 0. The maximum absolute atomic E-state index is 13.1. The largest absolute Gasteiger partial charge is 0.416 e. The lowest BCUT2D eigenvalue weighted by molar-refractivity contribution is -0.137.